The van der Waals surface area contributed by atoms with Gasteiger partial charge in [-0.2, -0.15) is 30.7 Å². The van der Waals surface area contributed by atoms with Crippen molar-refractivity contribution >= 4 is 6.03 Å². The van der Waals surface area contributed by atoms with E-state index in [1.54, 1.807) is 5.32 Å². The number of hydrogen-bond donors (Lipinski definition) is 2. The maximum Gasteiger partial charge on any atom is 0.461 e. The quantitative estimate of drug-likeness (QED) is 0.299. The molecule has 2 aromatic rings. The number of benzene rings is 2. The van der Waals surface area contributed by atoms with Crippen molar-refractivity contribution in [2.75, 3.05) is 13.7 Å². The van der Waals surface area contributed by atoms with Crippen LogP contribution in [-0.4, -0.2) is 38.4 Å². The second-order valence-electron chi connectivity index (χ2n) is 8.80. The number of alkyl halides is 7. The van der Waals surface area contributed by atoms with Crippen molar-refractivity contribution in [2.45, 2.75) is 43.5 Å². The average Bonchev–Trinajstić information content (AvgIpc) is 2.87. The molecular formula is C26H23F9N2O3. The number of carbonyl (C=O) groups excluding carboxylic acids is 1. The van der Waals surface area contributed by atoms with Crippen molar-refractivity contribution in [3.05, 3.63) is 83.0 Å². The smallest absolute Gasteiger partial charge is 0.461 e. The van der Waals surface area contributed by atoms with E-state index in [1.165, 1.54) is 37.5 Å². The Morgan fingerprint density at radius 3 is 2.17 bits per heavy atom. The lowest BCUT2D eigenvalue weighted by Gasteiger charge is -2.39. The predicted molar refractivity (Wildman–Crippen MR) is 125 cm³/mol. The molecule has 2 N–H and O–H groups in total. The molecule has 14 heteroatoms. The first-order valence-electron chi connectivity index (χ1n) is 11.6. The van der Waals surface area contributed by atoms with Gasteiger partial charge in [-0.1, -0.05) is 18.2 Å². The number of halogens is 9. The van der Waals surface area contributed by atoms with Gasteiger partial charge in [0.2, 0.25) is 0 Å². The van der Waals surface area contributed by atoms with Gasteiger partial charge in [0.25, 0.3) is 0 Å². The summed E-state index contributed by atoms with van der Waals surface area (Å²) in [7, 11) is 1.39. The van der Waals surface area contributed by atoms with E-state index in [2.05, 4.69) is 10.1 Å². The molecule has 1 atom stereocenters. The molecule has 0 heterocycles. The fraction of sp³-hybridized carbons (Fsp3) is 0.346. The molecule has 3 rings (SSSR count). The number of amides is 2. The van der Waals surface area contributed by atoms with Crippen molar-refractivity contribution in [1.82, 2.24) is 10.6 Å². The number of nitrogens with one attached hydrogen (secondary N) is 2. The van der Waals surface area contributed by atoms with E-state index >= 15 is 0 Å². The molecule has 0 fully saturated rings. The molecule has 0 saturated carbocycles. The van der Waals surface area contributed by atoms with Gasteiger partial charge < -0.3 is 20.1 Å². The normalized spacial score (nSPS) is 15.6. The number of urea groups is 1. The molecule has 0 saturated heterocycles. The Morgan fingerprint density at radius 1 is 0.950 bits per heavy atom. The maximum absolute atomic E-state index is 14.7. The van der Waals surface area contributed by atoms with Crippen LogP contribution < -0.4 is 20.1 Å². The summed E-state index contributed by atoms with van der Waals surface area (Å²) < 4.78 is 129. The largest absolute Gasteiger partial charge is 0.497 e. The molecule has 1 aliphatic carbocycles. The Kier molecular flexibility index (Phi) is 9.31. The van der Waals surface area contributed by atoms with E-state index < -0.39 is 54.2 Å². The molecule has 0 aliphatic heterocycles. The van der Waals surface area contributed by atoms with Gasteiger partial charge in [-0.15, -0.1) is 0 Å². The summed E-state index contributed by atoms with van der Waals surface area (Å²) in [6.45, 7) is -1.75. The zero-order chi connectivity index (χ0) is 29.7. The van der Waals surface area contributed by atoms with Gasteiger partial charge in [0.15, 0.2) is 0 Å². The van der Waals surface area contributed by atoms with Gasteiger partial charge >= 0.3 is 24.7 Å². The van der Waals surface area contributed by atoms with E-state index in [0.717, 1.165) is 18.2 Å². The molecule has 0 bridgehead atoms. The molecule has 1 aliphatic rings. The highest BCUT2D eigenvalue weighted by molar-refractivity contribution is 5.76. The van der Waals surface area contributed by atoms with Crippen molar-refractivity contribution < 1.29 is 53.8 Å². The zero-order valence-corrected chi connectivity index (χ0v) is 20.7. The predicted octanol–water partition coefficient (Wildman–Crippen LogP) is 6.94. The second kappa shape index (κ2) is 12.1. The number of methoxy groups -OCH3 is 1. The third kappa shape index (κ3) is 7.85. The molecule has 0 unspecified atom stereocenters. The van der Waals surface area contributed by atoms with Crippen molar-refractivity contribution in [2.24, 2.45) is 0 Å². The summed E-state index contributed by atoms with van der Waals surface area (Å²) in [6.07, 6.45) is -12.5. The van der Waals surface area contributed by atoms with Crippen LogP contribution in [0.2, 0.25) is 0 Å². The van der Waals surface area contributed by atoms with Gasteiger partial charge in [-0.25, -0.2) is 13.6 Å². The van der Waals surface area contributed by atoms with Crippen LogP contribution in [0.4, 0.5) is 44.3 Å². The summed E-state index contributed by atoms with van der Waals surface area (Å²) in [6, 6.07) is 6.61. The number of carbonyl (C=O) groups is 1. The topological polar surface area (TPSA) is 59.6 Å². The summed E-state index contributed by atoms with van der Waals surface area (Å²) in [4.78, 5) is 12.8. The number of hydrogen-bond acceptors (Lipinski definition) is 3. The standard InChI is InChI=1S/C26H23F9N2O3/c1-39-20-8-2-15(3-9-20)13-24(16-4-6-18(27)7-5-16,37-23(38)36-14-25(31,32)33)17-10-19(28)12-21(11-17)40-26(34,35)22(29)30/h2-4,6,8-12,22H,5,7,13-14H2,1H3,(H2,36,37,38)/t24-/m1/s1. The van der Waals surface area contributed by atoms with Gasteiger partial charge in [0, 0.05) is 18.9 Å². The number of ether oxygens (including phenoxy) is 2. The van der Waals surface area contributed by atoms with Gasteiger partial charge in [0.1, 0.15) is 29.7 Å². The Morgan fingerprint density at radius 2 is 1.62 bits per heavy atom. The van der Waals surface area contributed by atoms with Crippen LogP contribution in [0.5, 0.6) is 11.5 Å². The van der Waals surface area contributed by atoms with Gasteiger partial charge in [-0.05, 0) is 53.5 Å². The Labute approximate surface area is 222 Å². The minimum absolute atomic E-state index is 0.127. The summed E-state index contributed by atoms with van der Waals surface area (Å²) in [5.41, 5.74) is -1.77. The van der Waals surface area contributed by atoms with Crippen molar-refractivity contribution in [1.29, 1.82) is 0 Å². The van der Waals surface area contributed by atoms with Crippen LogP contribution in [0, 0.1) is 5.82 Å². The molecule has 0 spiro atoms. The van der Waals surface area contributed by atoms with E-state index in [1.807, 2.05) is 0 Å². The van der Waals surface area contributed by atoms with Crippen molar-refractivity contribution in [3.8, 4) is 11.5 Å². The lowest BCUT2D eigenvalue weighted by atomic mass is 9.74. The first kappa shape index (κ1) is 30.7. The third-order valence-electron chi connectivity index (χ3n) is 5.92. The Bertz CT molecular complexity index is 1260. The van der Waals surface area contributed by atoms with Gasteiger partial charge in [-0.3, -0.25) is 0 Å². The van der Waals surface area contributed by atoms with Crippen LogP contribution in [0.25, 0.3) is 0 Å². The molecular weight excluding hydrogens is 559 g/mol. The summed E-state index contributed by atoms with van der Waals surface area (Å²) >= 11 is 0. The minimum atomic E-state index is -5.02. The zero-order valence-electron chi connectivity index (χ0n) is 20.7. The molecule has 40 heavy (non-hydrogen) atoms. The molecule has 2 amide bonds. The highest BCUT2D eigenvalue weighted by atomic mass is 19.4. The van der Waals surface area contributed by atoms with E-state index in [0.29, 0.717) is 17.4 Å². The summed E-state index contributed by atoms with van der Waals surface area (Å²) in [5, 5.41) is 3.99. The first-order valence-corrected chi connectivity index (χ1v) is 11.6. The average molecular weight is 582 g/mol. The monoisotopic (exact) mass is 582 g/mol. The third-order valence-corrected chi connectivity index (χ3v) is 5.92. The van der Waals surface area contributed by atoms with Crippen molar-refractivity contribution in [3.63, 3.8) is 0 Å². The van der Waals surface area contributed by atoms with Crippen LogP contribution in [0.1, 0.15) is 24.0 Å². The highest BCUT2D eigenvalue weighted by Crippen LogP contribution is 2.41. The van der Waals surface area contributed by atoms with E-state index in [9.17, 15) is 44.3 Å². The Hall–Kier alpha value is -3.84. The number of rotatable bonds is 10. The van der Waals surface area contributed by atoms with Crippen LogP contribution in [-0.2, 0) is 12.0 Å². The first-order chi connectivity index (χ1) is 18.6. The fourth-order valence-electron chi connectivity index (χ4n) is 4.10. The summed E-state index contributed by atoms with van der Waals surface area (Å²) in [5.74, 6) is -2.44. The van der Waals surface area contributed by atoms with Gasteiger partial charge in [0.05, 0.1) is 12.6 Å². The van der Waals surface area contributed by atoms with E-state index in [4.69, 9.17) is 4.74 Å². The molecule has 0 aromatic heterocycles. The fourth-order valence-corrected chi connectivity index (χ4v) is 4.10. The maximum atomic E-state index is 14.7. The van der Waals surface area contributed by atoms with Crippen LogP contribution in [0.3, 0.4) is 0 Å². The molecule has 5 nitrogen and oxygen atoms in total. The second-order valence-corrected chi connectivity index (χ2v) is 8.80. The molecule has 0 radical (unpaired) electrons. The lowest BCUT2D eigenvalue weighted by Crippen LogP contribution is -2.54. The van der Waals surface area contributed by atoms with Crippen LogP contribution in [0.15, 0.2) is 66.0 Å². The molecule has 2 aromatic carbocycles. The number of allylic oxidation sites excluding steroid dienone is 3. The minimum Gasteiger partial charge on any atom is -0.497 e. The highest BCUT2D eigenvalue weighted by Gasteiger charge is 2.45. The van der Waals surface area contributed by atoms with E-state index in [-0.39, 0.29) is 30.4 Å². The molecule has 218 valence electrons. The Balaban J connectivity index is 2.21. The SMILES string of the molecule is COc1ccc(C[C@@](NC(=O)NCC(F)(F)F)(C2=CC=C(F)CC2)c2cc(F)cc(OC(F)(F)C(F)F)c2)cc1. The van der Waals surface area contributed by atoms with Crippen LogP contribution >= 0.6 is 0 Å². The lowest BCUT2D eigenvalue weighted by molar-refractivity contribution is -0.253.